The fourth-order valence-electron chi connectivity index (χ4n) is 1.31. The molecule has 0 aliphatic heterocycles. The Morgan fingerprint density at radius 3 is 2.73 bits per heavy atom. The molecule has 1 heterocycles. The smallest absolute Gasteiger partial charge is 0.0640 e. The largest absolute Gasteiger partial charge is 0.383 e. The standard InChI is InChI=1S/C11H15N3O/c1-15-10-9-14(8-2-5-12)11-3-6-13-7-4-11/h3-4,6-7H,2,8-10H2,1H3. The third-order valence-electron chi connectivity index (χ3n) is 2.09. The molecule has 15 heavy (non-hydrogen) atoms. The van der Waals surface area contributed by atoms with Crippen LogP contribution in [0.2, 0.25) is 0 Å². The molecule has 1 aromatic heterocycles. The van der Waals surface area contributed by atoms with Crippen LogP contribution in [-0.4, -0.2) is 31.8 Å². The highest BCUT2D eigenvalue weighted by Crippen LogP contribution is 2.11. The van der Waals surface area contributed by atoms with Crippen molar-refractivity contribution in [3.05, 3.63) is 24.5 Å². The average molecular weight is 205 g/mol. The number of anilines is 1. The van der Waals surface area contributed by atoms with E-state index in [2.05, 4.69) is 16.0 Å². The van der Waals surface area contributed by atoms with Gasteiger partial charge in [0, 0.05) is 38.3 Å². The summed E-state index contributed by atoms with van der Waals surface area (Å²) in [5, 5.41) is 8.57. The fourth-order valence-corrected chi connectivity index (χ4v) is 1.31. The van der Waals surface area contributed by atoms with E-state index >= 15 is 0 Å². The zero-order valence-electron chi connectivity index (χ0n) is 8.89. The van der Waals surface area contributed by atoms with Gasteiger partial charge in [0.25, 0.3) is 0 Å². The van der Waals surface area contributed by atoms with Crippen LogP contribution in [0.25, 0.3) is 0 Å². The Morgan fingerprint density at radius 1 is 1.40 bits per heavy atom. The minimum Gasteiger partial charge on any atom is -0.383 e. The minimum atomic E-state index is 0.520. The van der Waals surface area contributed by atoms with Crippen LogP contribution in [0.4, 0.5) is 5.69 Å². The molecule has 4 nitrogen and oxygen atoms in total. The lowest BCUT2D eigenvalue weighted by atomic mass is 10.3. The van der Waals surface area contributed by atoms with Crippen LogP contribution in [0.3, 0.4) is 0 Å². The molecular formula is C11H15N3O. The van der Waals surface area contributed by atoms with E-state index in [0.717, 1.165) is 18.8 Å². The Labute approximate surface area is 90.1 Å². The molecule has 0 spiro atoms. The Morgan fingerprint density at radius 2 is 2.13 bits per heavy atom. The van der Waals surface area contributed by atoms with Gasteiger partial charge in [0.05, 0.1) is 19.1 Å². The van der Waals surface area contributed by atoms with Gasteiger partial charge in [-0.3, -0.25) is 4.98 Å². The molecule has 0 saturated heterocycles. The summed E-state index contributed by atoms with van der Waals surface area (Å²) in [4.78, 5) is 6.08. The number of ether oxygens (including phenoxy) is 1. The van der Waals surface area contributed by atoms with Crippen LogP contribution in [-0.2, 0) is 4.74 Å². The van der Waals surface area contributed by atoms with Crippen LogP contribution in [0.15, 0.2) is 24.5 Å². The third kappa shape index (κ3) is 3.96. The lowest BCUT2D eigenvalue weighted by molar-refractivity contribution is 0.205. The first-order chi connectivity index (χ1) is 7.38. The quantitative estimate of drug-likeness (QED) is 0.705. The highest BCUT2D eigenvalue weighted by Gasteiger charge is 2.04. The number of rotatable bonds is 6. The lowest BCUT2D eigenvalue weighted by Crippen LogP contribution is -2.28. The molecule has 0 unspecified atom stereocenters. The van der Waals surface area contributed by atoms with Gasteiger partial charge >= 0.3 is 0 Å². The fraction of sp³-hybridized carbons (Fsp3) is 0.455. The molecule has 0 aromatic carbocycles. The van der Waals surface area contributed by atoms with Crippen molar-refractivity contribution < 1.29 is 4.74 Å². The van der Waals surface area contributed by atoms with E-state index in [1.165, 1.54) is 0 Å². The van der Waals surface area contributed by atoms with Crippen molar-refractivity contribution in [2.24, 2.45) is 0 Å². The van der Waals surface area contributed by atoms with Gasteiger partial charge in [0.15, 0.2) is 0 Å². The van der Waals surface area contributed by atoms with E-state index in [-0.39, 0.29) is 0 Å². The first-order valence-electron chi connectivity index (χ1n) is 4.89. The maximum absolute atomic E-state index is 8.57. The van der Waals surface area contributed by atoms with E-state index in [0.29, 0.717) is 13.0 Å². The van der Waals surface area contributed by atoms with Gasteiger partial charge in [-0.2, -0.15) is 5.26 Å². The van der Waals surface area contributed by atoms with Gasteiger partial charge in [-0.15, -0.1) is 0 Å². The lowest BCUT2D eigenvalue weighted by Gasteiger charge is -2.22. The molecule has 4 heteroatoms. The predicted octanol–water partition coefficient (Wildman–Crippen LogP) is 1.45. The van der Waals surface area contributed by atoms with Gasteiger partial charge < -0.3 is 9.64 Å². The zero-order valence-corrected chi connectivity index (χ0v) is 8.89. The van der Waals surface area contributed by atoms with Crippen molar-refractivity contribution >= 4 is 5.69 Å². The Bertz CT molecular complexity index is 307. The van der Waals surface area contributed by atoms with E-state index in [4.69, 9.17) is 10.00 Å². The molecule has 1 aromatic rings. The van der Waals surface area contributed by atoms with Crippen LogP contribution in [0, 0.1) is 11.3 Å². The maximum atomic E-state index is 8.57. The highest BCUT2D eigenvalue weighted by atomic mass is 16.5. The molecule has 0 radical (unpaired) electrons. The van der Waals surface area contributed by atoms with Crippen molar-refractivity contribution in [2.45, 2.75) is 6.42 Å². The summed E-state index contributed by atoms with van der Waals surface area (Å²) in [5.41, 5.74) is 1.08. The van der Waals surface area contributed by atoms with Crippen LogP contribution < -0.4 is 4.90 Å². The average Bonchev–Trinajstić information content (AvgIpc) is 2.30. The van der Waals surface area contributed by atoms with Crippen LogP contribution >= 0.6 is 0 Å². The highest BCUT2D eigenvalue weighted by molar-refractivity contribution is 5.44. The van der Waals surface area contributed by atoms with Crippen molar-refractivity contribution in [1.82, 2.24) is 4.98 Å². The molecule has 0 saturated carbocycles. The van der Waals surface area contributed by atoms with E-state index < -0.39 is 0 Å². The van der Waals surface area contributed by atoms with Gasteiger partial charge in [-0.25, -0.2) is 0 Å². The van der Waals surface area contributed by atoms with E-state index in [9.17, 15) is 0 Å². The molecule has 0 N–H and O–H groups in total. The van der Waals surface area contributed by atoms with Crippen molar-refractivity contribution in [3.63, 3.8) is 0 Å². The first kappa shape index (κ1) is 11.5. The summed E-state index contributed by atoms with van der Waals surface area (Å²) < 4.78 is 5.03. The molecule has 0 atom stereocenters. The van der Waals surface area contributed by atoms with Crippen molar-refractivity contribution in [1.29, 1.82) is 5.26 Å². The van der Waals surface area contributed by atoms with Crippen LogP contribution in [0.1, 0.15) is 6.42 Å². The normalized spacial score (nSPS) is 9.60. The molecular weight excluding hydrogens is 190 g/mol. The molecule has 1 rings (SSSR count). The summed E-state index contributed by atoms with van der Waals surface area (Å²) >= 11 is 0. The van der Waals surface area contributed by atoms with Crippen molar-refractivity contribution in [2.75, 3.05) is 31.7 Å². The molecule has 0 aliphatic rings. The second kappa shape index (κ2) is 6.80. The number of hydrogen-bond donors (Lipinski definition) is 0. The number of aromatic nitrogens is 1. The van der Waals surface area contributed by atoms with Gasteiger partial charge in [-0.1, -0.05) is 0 Å². The van der Waals surface area contributed by atoms with Gasteiger partial charge in [-0.05, 0) is 12.1 Å². The summed E-state index contributed by atoms with van der Waals surface area (Å²) in [6.45, 7) is 2.18. The molecule has 80 valence electrons. The summed E-state index contributed by atoms with van der Waals surface area (Å²) in [5.74, 6) is 0. The van der Waals surface area contributed by atoms with Gasteiger partial charge in [0.2, 0.25) is 0 Å². The topological polar surface area (TPSA) is 49.1 Å². The monoisotopic (exact) mass is 205 g/mol. The van der Waals surface area contributed by atoms with Crippen LogP contribution in [0.5, 0.6) is 0 Å². The molecule has 0 aliphatic carbocycles. The third-order valence-corrected chi connectivity index (χ3v) is 2.09. The second-order valence-corrected chi connectivity index (χ2v) is 3.09. The number of pyridine rings is 1. The van der Waals surface area contributed by atoms with Gasteiger partial charge in [0.1, 0.15) is 0 Å². The summed E-state index contributed by atoms with van der Waals surface area (Å²) in [6, 6.07) is 6.02. The number of hydrogen-bond acceptors (Lipinski definition) is 4. The zero-order chi connectivity index (χ0) is 10.9. The second-order valence-electron chi connectivity index (χ2n) is 3.09. The summed E-state index contributed by atoms with van der Waals surface area (Å²) in [6.07, 6.45) is 4.02. The number of nitriles is 1. The molecule has 0 bridgehead atoms. The Kier molecular flexibility index (Phi) is 5.20. The SMILES string of the molecule is COCCN(CCC#N)c1ccncc1. The number of nitrogens with zero attached hydrogens (tertiary/aromatic N) is 3. The number of methoxy groups -OCH3 is 1. The first-order valence-corrected chi connectivity index (χ1v) is 4.89. The molecule has 0 fully saturated rings. The predicted molar refractivity (Wildman–Crippen MR) is 58.6 cm³/mol. The minimum absolute atomic E-state index is 0.520. The van der Waals surface area contributed by atoms with Crippen molar-refractivity contribution in [3.8, 4) is 6.07 Å². The maximum Gasteiger partial charge on any atom is 0.0640 e. The Balaban J connectivity index is 2.59. The van der Waals surface area contributed by atoms with E-state index in [1.807, 2.05) is 12.1 Å². The summed E-state index contributed by atoms with van der Waals surface area (Å²) in [7, 11) is 1.68. The van der Waals surface area contributed by atoms with E-state index in [1.54, 1.807) is 19.5 Å². The molecule has 0 amide bonds. The Hall–Kier alpha value is -1.60.